The molecule has 0 saturated carbocycles. The second kappa shape index (κ2) is 9.50. The van der Waals surface area contributed by atoms with Gasteiger partial charge < -0.3 is 10.1 Å². The van der Waals surface area contributed by atoms with Crippen LogP contribution in [-0.2, 0) is 24.2 Å². The van der Waals surface area contributed by atoms with Crippen LogP contribution in [0.5, 0.6) is 0 Å². The van der Waals surface area contributed by atoms with E-state index in [9.17, 15) is 18.0 Å². The van der Waals surface area contributed by atoms with Crippen LogP contribution in [0.2, 0.25) is 0 Å². The number of carbonyl (C=O) groups is 2. The summed E-state index contributed by atoms with van der Waals surface area (Å²) >= 11 is 0. The molecule has 1 amide bonds. The lowest BCUT2D eigenvalue weighted by atomic mass is 10.0. The van der Waals surface area contributed by atoms with Crippen LogP contribution in [0.15, 0.2) is 53.4 Å². The highest BCUT2D eigenvalue weighted by atomic mass is 32.2. The molecule has 0 aliphatic rings. The van der Waals surface area contributed by atoms with Gasteiger partial charge in [-0.2, -0.15) is 0 Å². The molecule has 0 saturated heterocycles. The number of nitrogens with one attached hydrogen (secondary N) is 1. The summed E-state index contributed by atoms with van der Waals surface area (Å²) in [5, 5.41) is 2.63. The minimum Gasteiger partial charge on any atom is -0.456 e. The number of sulfone groups is 1. The second-order valence-corrected chi connectivity index (χ2v) is 8.98. The lowest BCUT2D eigenvalue weighted by molar-refractivity contribution is -0.146. The van der Waals surface area contributed by atoms with Crippen molar-refractivity contribution >= 4 is 27.4 Å². The van der Waals surface area contributed by atoms with Crippen LogP contribution in [0.1, 0.15) is 37.3 Å². The highest BCUT2D eigenvalue weighted by Crippen LogP contribution is 2.17. The zero-order chi connectivity index (χ0) is 20.7. The van der Waals surface area contributed by atoms with Gasteiger partial charge in [0.15, 0.2) is 16.4 Å². The van der Waals surface area contributed by atoms with Crippen molar-refractivity contribution in [3.05, 3.63) is 59.7 Å². The standard InChI is InChI=1S/C21H25NO5S/c1-15(2)17-6-8-18(9-7-17)22-20(23)14-27-21(24)12-13-28(25,26)19-10-4-16(3)5-11-19/h4-11,15H,12-14H2,1-3H3,(H,22,23). The number of benzene rings is 2. The van der Waals surface area contributed by atoms with Crippen molar-refractivity contribution < 1.29 is 22.7 Å². The third-order valence-corrected chi connectivity index (χ3v) is 5.91. The third kappa shape index (κ3) is 6.49. The molecule has 0 aliphatic carbocycles. The summed E-state index contributed by atoms with van der Waals surface area (Å²) in [4.78, 5) is 23.8. The first-order valence-corrected chi connectivity index (χ1v) is 10.7. The molecule has 2 aromatic rings. The second-order valence-electron chi connectivity index (χ2n) is 6.87. The van der Waals surface area contributed by atoms with Crippen LogP contribution >= 0.6 is 0 Å². The molecule has 28 heavy (non-hydrogen) atoms. The van der Waals surface area contributed by atoms with E-state index in [1.807, 2.05) is 19.1 Å². The molecule has 0 atom stereocenters. The smallest absolute Gasteiger partial charge is 0.307 e. The molecule has 0 unspecified atom stereocenters. The topological polar surface area (TPSA) is 89.5 Å². The van der Waals surface area contributed by atoms with E-state index in [2.05, 4.69) is 19.2 Å². The summed E-state index contributed by atoms with van der Waals surface area (Å²) in [5.74, 6) is -1.19. The Balaban J connectivity index is 1.78. The Morgan fingerprint density at radius 2 is 1.61 bits per heavy atom. The lowest BCUT2D eigenvalue weighted by Gasteiger charge is -2.09. The van der Waals surface area contributed by atoms with Crippen LogP contribution in [0, 0.1) is 6.92 Å². The molecular formula is C21H25NO5S. The molecule has 0 aromatic heterocycles. The third-order valence-electron chi connectivity index (χ3n) is 4.18. The molecule has 0 spiro atoms. The molecular weight excluding hydrogens is 378 g/mol. The van der Waals surface area contributed by atoms with Gasteiger partial charge in [0.2, 0.25) is 0 Å². The first-order chi connectivity index (χ1) is 13.2. The molecule has 0 fully saturated rings. The SMILES string of the molecule is Cc1ccc(S(=O)(=O)CCC(=O)OCC(=O)Nc2ccc(C(C)C)cc2)cc1. The van der Waals surface area contributed by atoms with Crippen LogP contribution in [0.25, 0.3) is 0 Å². The van der Waals surface area contributed by atoms with E-state index >= 15 is 0 Å². The number of rotatable bonds is 8. The zero-order valence-corrected chi connectivity index (χ0v) is 17.1. The minimum absolute atomic E-state index is 0.161. The molecule has 0 radical (unpaired) electrons. The number of anilines is 1. The highest BCUT2D eigenvalue weighted by Gasteiger charge is 2.17. The maximum absolute atomic E-state index is 12.2. The Kier molecular flexibility index (Phi) is 7.34. The van der Waals surface area contributed by atoms with Crippen LogP contribution in [0.4, 0.5) is 5.69 Å². The number of hydrogen-bond donors (Lipinski definition) is 1. The lowest BCUT2D eigenvalue weighted by Crippen LogP contribution is -2.22. The van der Waals surface area contributed by atoms with Crippen LogP contribution < -0.4 is 5.32 Å². The van der Waals surface area contributed by atoms with Crippen molar-refractivity contribution in [3.63, 3.8) is 0 Å². The van der Waals surface area contributed by atoms with Crippen molar-refractivity contribution in [2.75, 3.05) is 17.7 Å². The number of ether oxygens (including phenoxy) is 1. The molecule has 2 rings (SSSR count). The van der Waals surface area contributed by atoms with Crippen molar-refractivity contribution in [2.45, 2.75) is 38.0 Å². The number of aryl methyl sites for hydroxylation is 1. The molecule has 2 aromatic carbocycles. The van der Waals surface area contributed by atoms with Gasteiger partial charge in [-0.05, 0) is 42.7 Å². The van der Waals surface area contributed by atoms with Gasteiger partial charge in [0.05, 0.1) is 17.1 Å². The van der Waals surface area contributed by atoms with Gasteiger partial charge in [0, 0.05) is 5.69 Å². The monoisotopic (exact) mass is 403 g/mol. The van der Waals surface area contributed by atoms with Crippen molar-refractivity contribution in [1.29, 1.82) is 0 Å². The zero-order valence-electron chi connectivity index (χ0n) is 16.3. The largest absolute Gasteiger partial charge is 0.456 e. The summed E-state index contributed by atoms with van der Waals surface area (Å²) in [6, 6.07) is 13.8. The Hall–Kier alpha value is -2.67. The number of hydrogen-bond acceptors (Lipinski definition) is 5. The number of carbonyl (C=O) groups excluding carboxylic acids is 2. The molecule has 6 nitrogen and oxygen atoms in total. The van der Waals surface area contributed by atoms with Gasteiger partial charge in [0.1, 0.15) is 0 Å². The Morgan fingerprint density at radius 1 is 1.00 bits per heavy atom. The van der Waals surface area contributed by atoms with E-state index in [0.717, 1.165) is 11.1 Å². The van der Waals surface area contributed by atoms with E-state index in [4.69, 9.17) is 4.74 Å². The fourth-order valence-corrected chi connectivity index (χ4v) is 3.67. The summed E-state index contributed by atoms with van der Waals surface area (Å²) in [6.45, 7) is 5.55. The minimum atomic E-state index is -3.57. The van der Waals surface area contributed by atoms with Crippen LogP contribution in [-0.4, -0.2) is 32.7 Å². The normalized spacial score (nSPS) is 11.3. The quantitative estimate of drug-likeness (QED) is 0.682. The summed E-state index contributed by atoms with van der Waals surface area (Å²) in [7, 11) is -3.57. The molecule has 1 N–H and O–H groups in total. The van der Waals surface area contributed by atoms with Crippen molar-refractivity contribution in [2.24, 2.45) is 0 Å². The fourth-order valence-electron chi connectivity index (χ4n) is 2.45. The molecule has 0 heterocycles. The first-order valence-electron chi connectivity index (χ1n) is 9.02. The maximum atomic E-state index is 12.2. The van der Waals surface area contributed by atoms with Gasteiger partial charge >= 0.3 is 5.97 Å². The summed E-state index contributed by atoms with van der Waals surface area (Å²) < 4.78 is 29.3. The average molecular weight is 404 g/mol. The fraction of sp³-hybridized carbons (Fsp3) is 0.333. The van der Waals surface area contributed by atoms with Crippen LogP contribution in [0.3, 0.4) is 0 Å². The van der Waals surface area contributed by atoms with E-state index in [-0.39, 0.29) is 17.1 Å². The summed E-state index contributed by atoms with van der Waals surface area (Å²) in [5.41, 5.74) is 2.70. The molecule has 0 bridgehead atoms. The van der Waals surface area contributed by atoms with E-state index in [0.29, 0.717) is 11.6 Å². The Morgan fingerprint density at radius 3 is 2.18 bits per heavy atom. The van der Waals surface area contributed by atoms with E-state index in [1.165, 1.54) is 12.1 Å². The number of amides is 1. The highest BCUT2D eigenvalue weighted by molar-refractivity contribution is 7.91. The Bertz CT molecular complexity index is 916. The molecule has 0 aliphatic heterocycles. The Labute approximate surface area is 165 Å². The summed E-state index contributed by atoms with van der Waals surface area (Å²) in [6.07, 6.45) is -0.313. The molecule has 7 heteroatoms. The van der Waals surface area contributed by atoms with Gasteiger partial charge in [-0.25, -0.2) is 8.42 Å². The predicted molar refractivity (Wildman–Crippen MR) is 108 cm³/mol. The van der Waals surface area contributed by atoms with Gasteiger partial charge in [-0.3, -0.25) is 9.59 Å². The van der Waals surface area contributed by atoms with E-state index in [1.54, 1.807) is 24.3 Å². The average Bonchev–Trinajstić information content (AvgIpc) is 2.65. The predicted octanol–water partition coefficient (Wildman–Crippen LogP) is 3.46. The maximum Gasteiger partial charge on any atom is 0.307 e. The van der Waals surface area contributed by atoms with Gasteiger partial charge in [-0.1, -0.05) is 43.7 Å². The van der Waals surface area contributed by atoms with E-state index < -0.39 is 28.3 Å². The number of esters is 1. The van der Waals surface area contributed by atoms with Crippen molar-refractivity contribution in [1.82, 2.24) is 0 Å². The van der Waals surface area contributed by atoms with Gasteiger partial charge in [0.25, 0.3) is 5.91 Å². The van der Waals surface area contributed by atoms with Crippen molar-refractivity contribution in [3.8, 4) is 0 Å². The van der Waals surface area contributed by atoms with Gasteiger partial charge in [-0.15, -0.1) is 0 Å². The first kappa shape index (κ1) is 21.6. The molecule has 150 valence electrons.